The number of carbonyl (C=O) groups excluding carboxylic acids is 1. The quantitative estimate of drug-likeness (QED) is 0.701. The molecule has 0 aliphatic heterocycles. The summed E-state index contributed by atoms with van der Waals surface area (Å²) in [6, 6.07) is 5.44. The van der Waals surface area contributed by atoms with Gasteiger partial charge in [-0.2, -0.15) is 0 Å². The summed E-state index contributed by atoms with van der Waals surface area (Å²) in [6.45, 7) is 0. The number of rotatable bonds is 4. The molecule has 2 bridgehead atoms. The van der Waals surface area contributed by atoms with Crippen molar-refractivity contribution < 1.29 is 23.1 Å². The third-order valence-electron chi connectivity index (χ3n) is 4.50. The number of carboxylic acids is 1. The van der Waals surface area contributed by atoms with E-state index in [4.69, 9.17) is 5.14 Å². The van der Waals surface area contributed by atoms with Crippen LogP contribution in [0, 0.1) is 23.7 Å². The Bertz CT molecular complexity index is 785. The lowest BCUT2D eigenvalue weighted by Crippen LogP contribution is -2.36. The third-order valence-corrected chi connectivity index (χ3v) is 5.43. The maximum atomic E-state index is 12.5. The molecule has 0 radical (unpaired) electrons. The zero-order valence-corrected chi connectivity index (χ0v) is 12.9. The Morgan fingerprint density at radius 1 is 1.09 bits per heavy atom. The molecule has 0 saturated heterocycles. The van der Waals surface area contributed by atoms with Crippen LogP contribution in [0.3, 0.4) is 0 Å². The molecule has 0 heterocycles. The van der Waals surface area contributed by atoms with Crippen molar-refractivity contribution in [3.8, 4) is 0 Å². The van der Waals surface area contributed by atoms with Crippen LogP contribution in [0.15, 0.2) is 41.3 Å². The number of benzene rings is 1. The molecule has 2 aliphatic carbocycles. The number of amides is 1. The van der Waals surface area contributed by atoms with Crippen molar-refractivity contribution in [3.05, 3.63) is 36.4 Å². The van der Waals surface area contributed by atoms with Gasteiger partial charge in [0.25, 0.3) is 0 Å². The number of hydrogen-bond acceptors (Lipinski definition) is 4. The Kier molecular flexibility index (Phi) is 3.73. The Hall–Kier alpha value is -2.19. The van der Waals surface area contributed by atoms with E-state index in [0.717, 1.165) is 0 Å². The SMILES string of the molecule is NS(=O)(=O)c1ccc(NC(=O)[C@@H]2[C@@H](C(=O)O)[C@@H]3C=C[C@@H]2C3)cc1. The van der Waals surface area contributed by atoms with Crippen LogP contribution in [0.25, 0.3) is 0 Å². The highest BCUT2D eigenvalue weighted by Crippen LogP contribution is 2.48. The molecule has 1 saturated carbocycles. The summed E-state index contributed by atoms with van der Waals surface area (Å²) < 4.78 is 22.4. The number of nitrogens with two attached hydrogens (primary N) is 1. The van der Waals surface area contributed by atoms with Gasteiger partial charge in [-0.05, 0) is 42.5 Å². The van der Waals surface area contributed by atoms with Gasteiger partial charge in [0.1, 0.15) is 0 Å². The summed E-state index contributed by atoms with van der Waals surface area (Å²) in [4.78, 5) is 23.8. The van der Waals surface area contributed by atoms with Crippen LogP contribution in [0.4, 0.5) is 5.69 Å². The Morgan fingerprint density at radius 3 is 2.17 bits per heavy atom. The lowest BCUT2D eigenvalue weighted by Gasteiger charge is -2.23. The minimum absolute atomic E-state index is 0.0539. The van der Waals surface area contributed by atoms with Crippen LogP contribution in [0.5, 0.6) is 0 Å². The van der Waals surface area contributed by atoms with E-state index in [0.29, 0.717) is 12.1 Å². The lowest BCUT2D eigenvalue weighted by molar-refractivity contribution is -0.146. The zero-order valence-electron chi connectivity index (χ0n) is 12.0. The molecule has 1 aromatic carbocycles. The van der Waals surface area contributed by atoms with Gasteiger partial charge in [-0.3, -0.25) is 9.59 Å². The molecule has 1 amide bonds. The second-order valence-electron chi connectivity index (χ2n) is 5.90. The molecular formula is C15H16N2O5S. The van der Waals surface area contributed by atoms with Crippen LogP contribution in [0.2, 0.25) is 0 Å². The molecular weight excluding hydrogens is 320 g/mol. The first kappa shape index (κ1) is 15.7. The van der Waals surface area contributed by atoms with Gasteiger partial charge in [-0.25, -0.2) is 13.6 Å². The molecule has 8 heteroatoms. The Morgan fingerprint density at radius 2 is 1.65 bits per heavy atom. The fourth-order valence-electron chi connectivity index (χ4n) is 3.47. The molecule has 0 unspecified atom stereocenters. The predicted octanol–water partition coefficient (Wildman–Crippen LogP) is 0.795. The van der Waals surface area contributed by atoms with Crippen LogP contribution >= 0.6 is 0 Å². The van der Waals surface area contributed by atoms with Gasteiger partial charge in [0.15, 0.2) is 0 Å². The number of fused-ring (bicyclic) bond motifs is 2. The number of aliphatic carboxylic acids is 1. The average Bonchev–Trinajstić information content (AvgIpc) is 3.07. The maximum Gasteiger partial charge on any atom is 0.307 e. The number of sulfonamides is 1. The largest absolute Gasteiger partial charge is 0.481 e. The second-order valence-corrected chi connectivity index (χ2v) is 7.46. The van der Waals surface area contributed by atoms with Gasteiger partial charge in [-0.15, -0.1) is 0 Å². The van der Waals surface area contributed by atoms with E-state index in [1.165, 1.54) is 24.3 Å². The third kappa shape index (κ3) is 2.87. The van der Waals surface area contributed by atoms with Crippen molar-refractivity contribution in [2.24, 2.45) is 28.8 Å². The van der Waals surface area contributed by atoms with Gasteiger partial charge >= 0.3 is 5.97 Å². The number of carbonyl (C=O) groups is 2. The minimum atomic E-state index is -3.79. The van der Waals surface area contributed by atoms with Crippen LogP contribution in [0.1, 0.15) is 6.42 Å². The van der Waals surface area contributed by atoms with E-state index in [1.807, 2.05) is 12.2 Å². The number of carboxylic acid groups (broad SMARTS) is 1. The first-order chi connectivity index (χ1) is 10.8. The molecule has 2 aliphatic rings. The molecule has 1 aromatic rings. The van der Waals surface area contributed by atoms with E-state index in [-0.39, 0.29) is 22.6 Å². The predicted molar refractivity (Wildman–Crippen MR) is 81.8 cm³/mol. The molecule has 122 valence electrons. The number of primary sulfonamides is 1. The van der Waals surface area contributed by atoms with Crippen molar-refractivity contribution >= 4 is 27.6 Å². The molecule has 1 fully saturated rings. The van der Waals surface area contributed by atoms with E-state index < -0.39 is 27.8 Å². The monoisotopic (exact) mass is 336 g/mol. The number of nitrogens with one attached hydrogen (secondary N) is 1. The van der Waals surface area contributed by atoms with Crippen molar-refractivity contribution in [2.45, 2.75) is 11.3 Å². The van der Waals surface area contributed by atoms with Crippen molar-refractivity contribution in [3.63, 3.8) is 0 Å². The second kappa shape index (κ2) is 5.47. The standard InChI is InChI=1S/C15H16N2O5S/c16-23(21,22)11-5-3-10(4-6-11)17-14(18)12-8-1-2-9(7-8)13(12)15(19)20/h1-6,8-9,12-13H,7H2,(H,17,18)(H,19,20)(H2,16,21,22)/t8-,9-,12+,13+/m1/s1. The lowest BCUT2D eigenvalue weighted by atomic mass is 9.82. The van der Waals surface area contributed by atoms with E-state index in [2.05, 4.69) is 5.32 Å². The van der Waals surface area contributed by atoms with Crippen LogP contribution in [-0.4, -0.2) is 25.4 Å². The topological polar surface area (TPSA) is 127 Å². The highest BCUT2D eigenvalue weighted by atomic mass is 32.2. The Labute approximate surface area is 133 Å². The normalized spacial score (nSPS) is 28.7. The highest BCUT2D eigenvalue weighted by molar-refractivity contribution is 7.89. The van der Waals surface area contributed by atoms with Crippen LogP contribution < -0.4 is 10.5 Å². The smallest absolute Gasteiger partial charge is 0.307 e. The molecule has 23 heavy (non-hydrogen) atoms. The summed E-state index contributed by atoms with van der Waals surface area (Å²) in [5.41, 5.74) is 0.401. The summed E-state index contributed by atoms with van der Waals surface area (Å²) in [6.07, 6.45) is 4.45. The first-order valence-corrected chi connectivity index (χ1v) is 8.67. The van der Waals surface area contributed by atoms with Gasteiger partial charge in [0, 0.05) is 5.69 Å². The molecule has 4 atom stereocenters. The highest BCUT2D eigenvalue weighted by Gasteiger charge is 2.51. The minimum Gasteiger partial charge on any atom is -0.481 e. The molecule has 7 nitrogen and oxygen atoms in total. The average molecular weight is 336 g/mol. The maximum absolute atomic E-state index is 12.5. The van der Waals surface area contributed by atoms with Crippen LogP contribution in [-0.2, 0) is 19.6 Å². The van der Waals surface area contributed by atoms with E-state index >= 15 is 0 Å². The summed E-state index contributed by atoms with van der Waals surface area (Å²) in [7, 11) is -3.79. The van der Waals surface area contributed by atoms with Gasteiger partial charge in [0.2, 0.25) is 15.9 Å². The fourth-order valence-corrected chi connectivity index (χ4v) is 3.99. The van der Waals surface area contributed by atoms with Crippen molar-refractivity contribution in [1.82, 2.24) is 0 Å². The number of allylic oxidation sites excluding steroid dienone is 2. The molecule has 0 spiro atoms. The number of anilines is 1. The van der Waals surface area contributed by atoms with Gasteiger partial charge in [0.05, 0.1) is 16.7 Å². The molecule has 3 rings (SSSR count). The summed E-state index contributed by atoms with van der Waals surface area (Å²) >= 11 is 0. The zero-order chi connectivity index (χ0) is 16.8. The summed E-state index contributed by atoms with van der Waals surface area (Å²) in [5, 5.41) is 17.0. The Balaban J connectivity index is 1.77. The summed E-state index contributed by atoms with van der Waals surface area (Å²) in [5.74, 6) is -2.82. The van der Waals surface area contributed by atoms with Gasteiger partial charge < -0.3 is 10.4 Å². The molecule has 4 N–H and O–H groups in total. The van der Waals surface area contributed by atoms with E-state index in [1.54, 1.807) is 0 Å². The van der Waals surface area contributed by atoms with E-state index in [9.17, 15) is 23.1 Å². The fraction of sp³-hybridized carbons (Fsp3) is 0.333. The van der Waals surface area contributed by atoms with Crippen molar-refractivity contribution in [1.29, 1.82) is 0 Å². The number of hydrogen-bond donors (Lipinski definition) is 3. The van der Waals surface area contributed by atoms with Gasteiger partial charge in [-0.1, -0.05) is 12.2 Å². The molecule has 0 aromatic heterocycles. The van der Waals surface area contributed by atoms with Crippen molar-refractivity contribution in [2.75, 3.05) is 5.32 Å². The first-order valence-electron chi connectivity index (χ1n) is 7.12.